The Balaban J connectivity index is 2.00. The molecule has 0 bridgehead atoms. The fourth-order valence-electron chi connectivity index (χ4n) is 3.77. The Bertz CT molecular complexity index is 384. The van der Waals surface area contributed by atoms with Crippen molar-refractivity contribution in [1.82, 2.24) is 5.32 Å². The van der Waals surface area contributed by atoms with Crippen molar-refractivity contribution >= 4 is 0 Å². The highest BCUT2D eigenvalue weighted by atomic mass is 14.9. The summed E-state index contributed by atoms with van der Waals surface area (Å²) in [6.45, 7) is 7.83. The second-order valence-corrected chi connectivity index (χ2v) is 6.57. The molecule has 1 aromatic carbocycles. The molecule has 1 heteroatoms. The van der Waals surface area contributed by atoms with Crippen molar-refractivity contribution in [3.63, 3.8) is 0 Å². The second-order valence-electron chi connectivity index (χ2n) is 6.57. The first-order valence-electron chi connectivity index (χ1n) is 8.49. The number of benzene rings is 1. The van der Waals surface area contributed by atoms with Crippen LogP contribution < -0.4 is 5.32 Å². The van der Waals surface area contributed by atoms with Crippen molar-refractivity contribution < 1.29 is 0 Å². The number of hydrogen-bond acceptors (Lipinski definition) is 1. The van der Waals surface area contributed by atoms with Gasteiger partial charge in [0.15, 0.2) is 0 Å². The normalized spacial score (nSPS) is 18.1. The van der Waals surface area contributed by atoms with E-state index in [1.54, 1.807) is 5.56 Å². The SMILES string of the molecule is CCNC(Cc1c(C)cccc1C)CC1CCCCC1. The maximum absolute atomic E-state index is 3.73. The number of hydrogen-bond donors (Lipinski definition) is 1. The van der Waals surface area contributed by atoms with Gasteiger partial charge in [0.2, 0.25) is 0 Å². The van der Waals surface area contributed by atoms with Crippen molar-refractivity contribution in [1.29, 1.82) is 0 Å². The molecular weight excluding hydrogens is 242 g/mol. The fraction of sp³-hybridized carbons (Fsp3) is 0.684. The lowest BCUT2D eigenvalue weighted by Gasteiger charge is -2.28. The summed E-state index contributed by atoms with van der Waals surface area (Å²) in [5.74, 6) is 0.956. The van der Waals surface area contributed by atoms with Gasteiger partial charge in [0.1, 0.15) is 0 Å². The largest absolute Gasteiger partial charge is 0.314 e. The number of nitrogens with one attached hydrogen (secondary N) is 1. The third kappa shape index (κ3) is 4.34. The van der Waals surface area contributed by atoms with E-state index in [0.717, 1.165) is 12.5 Å². The summed E-state index contributed by atoms with van der Waals surface area (Å²) >= 11 is 0. The first-order valence-corrected chi connectivity index (χ1v) is 8.49. The lowest BCUT2D eigenvalue weighted by Crippen LogP contribution is -2.34. The highest BCUT2D eigenvalue weighted by Gasteiger charge is 2.19. The molecule has 2 rings (SSSR count). The van der Waals surface area contributed by atoms with E-state index in [1.807, 2.05) is 0 Å². The number of likely N-dealkylation sites (N-methyl/N-ethyl adjacent to an activating group) is 1. The molecule has 1 unspecified atom stereocenters. The lowest BCUT2D eigenvalue weighted by atomic mass is 9.83. The smallest absolute Gasteiger partial charge is 0.0110 e. The predicted molar refractivity (Wildman–Crippen MR) is 88.3 cm³/mol. The molecule has 0 amide bonds. The van der Waals surface area contributed by atoms with Crippen LogP contribution in [-0.4, -0.2) is 12.6 Å². The summed E-state index contributed by atoms with van der Waals surface area (Å²) < 4.78 is 0. The second kappa shape index (κ2) is 7.83. The molecule has 0 aromatic heterocycles. The van der Waals surface area contributed by atoms with Crippen LogP contribution in [0.5, 0.6) is 0 Å². The van der Waals surface area contributed by atoms with E-state index in [1.165, 1.54) is 56.1 Å². The topological polar surface area (TPSA) is 12.0 Å². The zero-order valence-corrected chi connectivity index (χ0v) is 13.5. The Hall–Kier alpha value is -0.820. The van der Waals surface area contributed by atoms with Crippen LogP contribution >= 0.6 is 0 Å². The van der Waals surface area contributed by atoms with Gasteiger partial charge in [0.05, 0.1) is 0 Å². The molecule has 0 saturated heterocycles. The summed E-state index contributed by atoms with van der Waals surface area (Å²) in [5.41, 5.74) is 4.47. The van der Waals surface area contributed by atoms with Crippen LogP contribution in [0.4, 0.5) is 0 Å². The van der Waals surface area contributed by atoms with Crippen molar-refractivity contribution in [2.24, 2.45) is 5.92 Å². The van der Waals surface area contributed by atoms with Gasteiger partial charge in [-0.15, -0.1) is 0 Å². The van der Waals surface area contributed by atoms with Gasteiger partial charge in [-0.25, -0.2) is 0 Å². The van der Waals surface area contributed by atoms with E-state index in [2.05, 4.69) is 44.3 Å². The fourth-order valence-corrected chi connectivity index (χ4v) is 3.77. The van der Waals surface area contributed by atoms with Crippen LogP contribution in [-0.2, 0) is 6.42 Å². The van der Waals surface area contributed by atoms with Gasteiger partial charge in [0, 0.05) is 6.04 Å². The molecule has 20 heavy (non-hydrogen) atoms. The quantitative estimate of drug-likeness (QED) is 0.785. The van der Waals surface area contributed by atoms with E-state index in [0.29, 0.717) is 6.04 Å². The van der Waals surface area contributed by atoms with Crippen molar-refractivity contribution in [3.05, 3.63) is 34.9 Å². The van der Waals surface area contributed by atoms with Crippen molar-refractivity contribution in [2.45, 2.75) is 71.8 Å². The third-order valence-corrected chi connectivity index (χ3v) is 4.93. The first-order chi connectivity index (χ1) is 9.70. The molecule has 1 aliphatic carbocycles. The molecule has 1 atom stereocenters. The van der Waals surface area contributed by atoms with Gasteiger partial charge in [-0.05, 0) is 55.8 Å². The molecule has 0 spiro atoms. The van der Waals surface area contributed by atoms with Crippen LogP contribution in [0.3, 0.4) is 0 Å². The first kappa shape index (κ1) is 15.6. The number of rotatable bonds is 6. The highest BCUT2D eigenvalue weighted by Crippen LogP contribution is 2.28. The number of aryl methyl sites for hydroxylation is 2. The van der Waals surface area contributed by atoms with Crippen LogP contribution in [0.15, 0.2) is 18.2 Å². The Morgan fingerprint density at radius 3 is 2.35 bits per heavy atom. The Kier molecular flexibility index (Phi) is 6.09. The molecule has 0 radical (unpaired) electrons. The average molecular weight is 273 g/mol. The summed E-state index contributed by atoms with van der Waals surface area (Å²) in [7, 11) is 0. The molecule has 1 saturated carbocycles. The average Bonchev–Trinajstić information content (AvgIpc) is 2.44. The molecule has 0 aliphatic heterocycles. The van der Waals surface area contributed by atoms with Gasteiger partial charge in [0.25, 0.3) is 0 Å². The van der Waals surface area contributed by atoms with Crippen LogP contribution in [0.2, 0.25) is 0 Å². The van der Waals surface area contributed by atoms with Gasteiger partial charge in [-0.1, -0.05) is 57.2 Å². The molecule has 1 aromatic rings. The summed E-state index contributed by atoms with van der Waals surface area (Å²) in [6, 6.07) is 7.35. The molecule has 1 fully saturated rings. The molecule has 0 heterocycles. The van der Waals surface area contributed by atoms with Gasteiger partial charge >= 0.3 is 0 Å². The lowest BCUT2D eigenvalue weighted by molar-refractivity contribution is 0.298. The van der Waals surface area contributed by atoms with E-state index in [4.69, 9.17) is 0 Å². The Morgan fingerprint density at radius 1 is 1.10 bits per heavy atom. The summed E-state index contributed by atoms with van der Waals surface area (Å²) in [4.78, 5) is 0. The third-order valence-electron chi connectivity index (χ3n) is 4.93. The van der Waals surface area contributed by atoms with Crippen LogP contribution in [0.25, 0.3) is 0 Å². The summed E-state index contributed by atoms with van der Waals surface area (Å²) in [6.07, 6.45) is 9.83. The van der Waals surface area contributed by atoms with E-state index >= 15 is 0 Å². The molecule has 1 aliphatic rings. The molecule has 1 N–H and O–H groups in total. The van der Waals surface area contributed by atoms with Gasteiger partial charge in [-0.2, -0.15) is 0 Å². The molecule has 1 nitrogen and oxygen atoms in total. The zero-order chi connectivity index (χ0) is 14.4. The molecule has 112 valence electrons. The van der Waals surface area contributed by atoms with E-state index < -0.39 is 0 Å². The minimum Gasteiger partial charge on any atom is -0.314 e. The zero-order valence-electron chi connectivity index (χ0n) is 13.5. The monoisotopic (exact) mass is 273 g/mol. The summed E-state index contributed by atoms with van der Waals surface area (Å²) in [5, 5.41) is 3.73. The van der Waals surface area contributed by atoms with E-state index in [-0.39, 0.29) is 0 Å². The van der Waals surface area contributed by atoms with Crippen LogP contribution in [0, 0.1) is 19.8 Å². The van der Waals surface area contributed by atoms with Crippen LogP contribution in [0.1, 0.15) is 62.1 Å². The Labute approximate surface area is 125 Å². The van der Waals surface area contributed by atoms with Crippen molar-refractivity contribution in [2.75, 3.05) is 6.54 Å². The maximum atomic E-state index is 3.73. The van der Waals surface area contributed by atoms with Crippen molar-refractivity contribution in [3.8, 4) is 0 Å². The minimum absolute atomic E-state index is 0.655. The van der Waals surface area contributed by atoms with Gasteiger partial charge < -0.3 is 5.32 Å². The Morgan fingerprint density at radius 2 is 1.75 bits per heavy atom. The minimum atomic E-state index is 0.655. The predicted octanol–water partition coefficient (Wildman–Crippen LogP) is 4.79. The maximum Gasteiger partial charge on any atom is 0.0110 e. The molecular formula is C19H31N. The van der Waals surface area contributed by atoms with Gasteiger partial charge in [-0.3, -0.25) is 0 Å². The standard InChI is InChI=1S/C19H31N/c1-4-20-18(13-17-11-6-5-7-12-17)14-19-15(2)9-8-10-16(19)3/h8-10,17-18,20H,4-7,11-14H2,1-3H3. The highest BCUT2D eigenvalue weighted by molar-refractivity contribution is 5.34. The van der Waals surface area contributed by atoms with E-state index in [9.17, 15) is 0 Å².